The number of methoxy groups -OCH3 is 1. The highest BCUT2D eigenvalue weighted by molar-refractivity contribution is 5.93. The van der Waals surface area contributed by atoms with Gasteiger partial charge in [-0.3, -0.25) is 14.6 Å². The SMILES string of the molecule is CCOc1cc2c(Oc3cccc(CC(=O)Nc4ccc(N5CCC(NC(=O)CCC6CCCCN6C)CC5)c(C(F)(F)F)c4)c3)ccnc2cc1OC. The summed E-state index contributed by atoms with van der Waals surface area (Å²) in [7, 11) is 3.66. The molecule has 13 heteroatoms. The summed E-state index contributed by atoms with van der Waals surface area (Å²) in [5.41, 5.74) is 0.562. The molecule has 3 heterocycles. The highest BCUT2D eigenvalue weighted by atomic mass is 19.4. The molecule has 2 aliphatic heterocycles. The number of halogens is 3. The van der Waals surface area contributed by atoms with Crippen LogP contribution in [0.1, 0.15) is 63.0 Å². The predicted molar refractivity (Wildman–Crippen MR) is 203 cm³/mol. The molecule has 3 aromatic carbocycles. The van der Waals surface area contributed by atoms with Gasteiger partial charge in [-0.25, -0.2) is 0 Å². The van der Waals surface area contributed by atoms with E-state index in [1.54, 1.807) is 60.7 Å². The van der Waals surface area contributed by atoms with Crippen LogP contribution < -0.4 is 29.7 Å². The van der Waals surface area contributed by atoms with Crippen molar-refractivity contribution in [2.45, 2.75) is 76.6 Å². The summed E-state index contributed by atoms with van der Waals surface area (Å²) >= 11 is 0. The first-order valence-corrected chi connectivity index (χ1v) is 18.6. The Hall–Kier alpha value is -5.04. The molecule has 4 aromatic rings. The molecule has 1 atom stereocenters. The second-order valence-electron chi connectivity index (χ2n) is 14.0. The second-order valence-corrected chi connectivity index (χ2v) is 14.0. The van der Waals surface area contributed by atoms with Gasteiger partial charge in [0.15, 0.2) is 11.5 Å². The number of benzene rings is 3. The van der Waals surface area contributed by atoms with Crippen LogP contribution in [0.15, 0.2) is 66.9 Å². The smallest absolute Gasteiger partial charge is 0.418 e. The monoisotopic (exact) mass is 747 g/mol. The number of alkyl halides is 3. The van der Waals surface area contributed by atoms with Gasteiger partial charge in [0.25, 0.3) is 0 Å². The van der Waals surface area contributed by atoms with Crippen molar-refractivity contribution in [1.82, 2.24) is 15.2 Å². The fourth-order valence-corrected chi connectivity index (χ4v) is 7.37. The first kappa shape index (κ1) is 38.7. The van der Waals surface area contributed by atoms with Gasteiger partial charge in [0.05, 0.1) is 31.2 Å². The number of carbonyl (C=O) groups excluding carboxylic acids is 2. The van der Waals surface area contributed by atoms with E-state index in [-0.39, 0.29) is 29.7 Å². The van der Waals surface area contributed by atoms with E-state index in [1.165, 1.54) is 25.0 Å². The van der Waals surface area contributed by atoms with Gasteiger partial charge in [0.2, 0.25) is 11.8 Å². The van der Waals surface area contributed by atoms with E-state index in [0.29, 0.717) is 84.5 Å². The van der Waals surface area contributed by atoms with Crippen LogP contribution in [0, 0.1) is 0 Å². The zero-order chi connectivity index (χ0) is 38.2. The van der Waals surface area contributed by atoms with Crippen molar-refractivity contribution in [3.63, 3.8) is 0 Å². The molecule has 2 amide bonds. The van der Waals surface area contributed by atoms with E-state index in [1.807, 2.05) is 6.92 Å². The minimum atomic E-state index is -4.63. The van der Waals surface area contributed by atoms with Crippen LogP contribution in [-0.4, -0.2) is 74.2 Å². The predicted octanol–water partition coefficient (Wildman–Crippen LogP) is 7.98. The van der Waals surface area contributed by atoms with E-state index in [4.69, 9.17) is 14.2 Å². The molecular formula is C41H48F3N5O5. The number of rotatable bonds is 13. The molecule has 288 valence electrons. The summed E-state index contributed by atoms with van der Waals surface area (Å²) in [4.78, 5) is 34.2. The lowest BCUT2D eigenvalue weighted by molar-refractivity contribution is -0.137. The Kier molecular flexibility index (Phi) is 12.5. The zero-order valence-electron chi connectivity index (χ0n) is 31.0. The lowest BCUT2D eigenvalue weighted by atomic mass is 9.98. The third kappa shape index (κ3) is 9.73. The van der Waals surface area contributed by atoms with E-state index >= 15 is 0 Å². The van der Waals surface area contributed by atoms with Gasteiger partial charge < -0.3 is 34.6 Å². The standard InChI is InChI=1S/C41H48F3N5O5/c1-4-53-38-25-32-34(26-37(38)52-3)45-18-15-36(32)54-31-10-7-8-27(22-31)23-40(51)47-29-11-13-35(33(24-29)41(42,43)44)49-20-16-28(17-21-49)46-39(50)14-12-30-9-5-6-19-48(30)2/h7-8,10-11,13,15,18,22,24-26,28,30H,4-6,9,12,14,16-17,19-21,23H2,1-3H3,(H,46,50)(H,47,51). The van der Waals surface area contributed by atoms with E-state index < -0.39 is 17.6 Å². The molecule has 0 spiro atoms. The number of likely N-dealkylation sites (tertiary alicyclic amines) is 1. The van der Waals surface area contributed by atoms with Crippen molar-refractivity contribution >= 4 is 34.1 Å². The molecule has 6 rings (SSSR count). The average molecular weight is 748 g/mol. The number of piperidine rings is 2. The van der Waals surface area contributed by atoms with Crippen molar-refractivity contribution in [3.8, 4) is 23.0 Å². The zero-order valence-corrected chi connectivity index (χ0v) is 31.0. The van der Waals surface area contributed by atoms with Crippen LogP contribution in [0.2, 0.25) is 0 Å². The number of ether oxygens (including phenoxy) is 3. The van der Waals surface area contributed by atoms with Crippen molar-refractivity contribution in [1.29, 1.82) is 0 Å². The summed E-state index contributed by atoms with van der Waals surface area (Å²) in [5, 5.41) is 6.45. The number of hydrogen-bond acceptors (Lipinski definition) is 8. The fourth-order valence-electron chi connectivity index (χ4n) is 7.37. The number of nitrogens with zero attached hydrogens (tertiary/aromatic N) is 3. The number of amides is 2. The third-order valence-corrected chi connectivity index (χ3v) is 10.2. The summed E-state index contributed by atoms with van der Waals surface area (Å²) in [6.07, 6.45) is 2.76. The van der Waals surface area contributed by atoms with Gasteiger partial charge in [0, 0.05) is 60.6 Å². The van der Waals surface area contributed by atoms with Gasteiger partial charge in [-0.1, -0.05) is 18.6 Å². The van der Waals surface area contributed by atoms with Crippen molar-refractivity contribution < 1.29 is 37.0 Å². The Morgan fingerprint density at radius 1 is 0.926 bits per heavy atom. The number of pyridine rings is 1. The highest BCUT2D eigenvalue weighted by Crippen LogP contribution is 2.40. The van der Waals surface area contributed by atoms with E-state index in [0.717, 1.165) is 25.5 Å². The molecule has 0 radical (unpaired) electrons. The quantitative estimate of drug-likeness (QED) is 0.142. The second kappa shape index (κ2) is 17.4. The van der Waals surface area contributed by atoms with Crippen LogP contribution in [0.3, 0.4) is 0 Å². The first-order valence-electron chi connectivity index (χ1n) is 18.6. The molecule has 2 saturated heterocycles. The number of hydrogen-bond donors (Lipinski definition) is 2. The molecule has 2 N–H and O–H groups in total. The number of carbonyl (C=O) groups is 2. The molecule has 0 saturated carbocycles. The molecule has 2 aliphatic rings. The number of fused-ring (bicyclic) bond motifs is 1. The minimum absolute atomic E-state index is 0.00272. The summed E-state index contributed by atoms with van der Waals surface area (Å²) < 4.78 is 60.5. The van der Waals surface area contributed by atoms with Gasteiger partial charge >= 0.3 is 6.18 Å². The van der Waals surface area contributed by atoms with Crippen LogP contribution >= 0.6 is 0 Å². The molecule has 10 nitrogen and oxygen atoms in total. The molecule has 0 aliphatic carbocycles. The van der Waals surface area contributed by atoms with Gasteiger partial charge in [-0.2, -0.15) is 13.2 Å². The largest absolute Gasteiger partial charge is 0.493 e. The summed E-state index contributed by atoms with van der Waals surface area (Å²) in [5.74, 6) is 1.63. The lowest BCUT2D eigenvalue weighted by Crippen LogP contribution is -2.45. The van der Waals surface area contributed by atoms with Crippen LogP contribution in [-0.2, 0) is 22.2 Å². The Labute approximate surface area is 314 Å². The maximum Gasteiger partial charge on any atom is 0.418 e. The third-order valence-electron chi connectivity index (χ3n) is 10.2. The fraction of sp³-hybridized carbons (Fsp3) is 0.439. The van der Waals surface area contributed by atoms with E-state index in [2.05, 4.69) is 27.6 Å². The Morgan fingerprint density at radius 2 is 1.74 bits per heavy atom. The van der Waals surface area contributed by atoms with Gasteiger partial charge in [-0.05, 0) is 101 Å². The van der Waals surface area contributed by atoms with Crippen LogP contribution in [0.25, 0.3) is 10.9 Å². The topological polar surface area (TPSA) is 105 Å². The average Bonchev–Trinajstić information content (AvgIpc) is 3.15. The number of aromatic nitrogens is 1. The maximum absolute atomic E-state index is 14.4. The summed E-state index contributed by atoms with van der Waals surface area (Å²) in [6.45, 7) is 4.14. The molecule has 0 bridgehead atoms. The van der Waals surface area contributed by atoms with Gasteiger partial charge in [0.1, 0.15) is 11.5 Å². The normalized spacial score (nSPS) is 16.9. The highest BCUT2D eigenvalue weighted by Gasteiger charge is 2.36. The molecule has 2 fully saturated rings. The Balaban J connectivity index is 1.06. The number of anilines is 2. The number of nitrogens with one attached hydrogen (secondary N) is 2. The molecule has 1 unspecified atom stereocenters. The van der Waals surface area contributed by atoms with Crippen LogP contribution in [0.5, 0.6) is 23.0 Å². The van der Waals surface area contributed by atoms with Crippen molar-refractivity contribution in [2.24, 2.45) is 0 Å². The maximum atomic E-state index is 14.4. The Morgan fingerprint density at radius 3 is 2.48 bits per heavy atom. The van der Waals surface area contributed by atoms with Crippen molar-refractivity contribution in [3.05, 3.63) is 78.0 Å². The van der Waals surface area contributed by atoms with Crippen molar-refractivity contribution in [2.75, 3.05) is 50.6 Å². The molecule has 1 aromatic heterocycles. The van der Waals surface area contributed by atoms with Gasteiger partial charge in [-0.15, -0.1) is 0 Å². The lowest BCUT2D eigenvalue weighted by Gasteiger charge is -2.36. The molecule has 54 heavy (non-hydrogen) atoms. The summed E-state index contributed by atoms with van der Waals surface area (Å²) in [6, 6.07) is 16.5. The Bertz CT molecular complexity index is 1930. The van der Waals surface area contributed by atoms with Crippen LogP contribution in [0.4, 0.5) is 24.5 Å². The van der Waals surface area contributed by atoms with E-state index in [9.17, 15) is 22.8 Å². The first-order chi connectivity index (χ1) is 26.0. The molecular weight excluding hydrogens is 699 g/mol. The minimum Gasteiger partial charge on any atom is -0.493 e.